The summed E-state index contributed by atoms with van der Waals surface area (Å²) in [4.78, 5) is 37.7. The minimum atomic E-state index is -0.783. The maximum absolute atomic E-state index is 12.7. The van der Waals surface area contributed by atoms with E-state index >= 15 is 0 Å². The van der Waals surface area contributed by atoms with Crippen molar-refractivity contribution in [3.8, 4) is 0 Å². The standard InChI is InChI=1S/C49H86O6/c1-4-7-10-13-16-19-22-24-27-30-33-36-39-42-48(51)54-45-46(44-53-47(50)41-38-35-32-29-26-21-18-15-12-9-6-3)55-49(52)43-40-37-34-31-28-25-23-20-17-14-11-8-5-2/h7,10,15-16,18-19,24,27,46H,4-6,8-9,11-14,17,20-23,25-26,28-45H2,1-3H3/b10-7-,18-15-,19-16-,27-24-. The minimum Gasteiger partial charge on any atom is -0.462 e. The second-order valence-corrected chi connectivity index (χ2v) is 15.3. The molecule has 0 N–H and O–H groups in total. The summed E-state index contributed by atoms with van der Waals surface area (Å²) in [6, 6.07) is 0. The maximum atomic E-state index is 12.7. The highest BCUT2D eigenvalue weighted by atomic mass is 16.6. The summed E-state index contributed by atoms with van der Waals surface area (Å²) in [6.45, 7) is 6.44. The molecule has 0 spiro atoms. The molecule has 0 aromatic rings. The van der Waals surface area contributed by atoms with Gasteiger partial charge in [-0.3, -0.25) is 14.4 Å². The fraction of sp³-hybridized carbons (Fsp3) is 0.776. The van der Waals surface area contributed by atoms with E-state index in [0.29, 0.717) is 19.3 Å². The van der Waals surface area contributed by atoms with Crippen molar-refractivity contribution in [1.29, 1.82) is 0 Å². The van der Waals surface area contributed by atoms with Gasteiger partial charge in [-0.25, -0.2) is 0 Å². The van der Waals surface area contributed by atoms with E-state index in [1.165, 1.54) is 96.3 Å². The Kier molecular flexibility index (Phi) is 42.0. The number of rotatable bonds is 41. The van der Waals surface area contributed by atoms with Crippen LogP contribution in [-0.4, -0.2) is 37.2 Å². The zero-order valence-electron chi connectivity index (χ0n) is 36.2. The average Bonchev–Trinajstić information content (AvgIpc) is 3.18. The van der Waals surface area contributed by atoms with Crippen LogP contribution < -0.4 is 0 Å². The monoisotopic (exact) mass is 771 g/mol. The van der Waals surface area contributed by atoms with Gasteiger partial charge in [0.2, 0.25) is 0 Å². The van der Waals surface area contributed by atoms with Crippen LogP contribution in [0.5, 0.6) is 0 Å². The van der Waals surface area contributed by atoms with Crippen LogP contribution >= 0.6 is 0 Å². The number of hydrogen-bond donors (Lipinski definition) is 0. The molecule has 0 saturated carbocycles. The second kappa shape index (κ2) is 44.1. The van der Waals surface area contributed by atoms with E-state index in [-0.39, 0.29) is 31.1 Å². The molecule has 0 saturated heterocycles. The van der Waals surface area contributed by atoms with Crippen molar-refractivity contribution in [1.82, 2.24) is 0 Å². The highest BCUT2D eigenvalue weighted by Crippen LogP contribution is 2.14. The van der Waals surface area contributed by atoms with E-state index in [1.807, 2.05) is 0 Å². The van der Waals surface area contributed by atoms with Crippen LogP contribution in [0.15, 0.2) is 48.6 Å². The Bertz CT molecular complexity index is 980. The molecule has 0 aromatic carbocycles. The molecule has 318 valence electrons. The average molecular weight is 771 g/mol. The lowest BCUT2D eigenvalue weighted by atomic mass is 10.0. The summed E-state index contributed by atoms with van der Waals surface area (Å²) in [5.74, 6) is -0.924. The van der Waals surface area contributed by atoms with Gasteiger partial charge in [0.1, 0.15) is 13.2 Å². The lowest BCUT2D eigenvalue weighted by Gasteiger charge is -2.18. The Hall–Kier alpha value is -2.63. The SMILES string of the molecule is CC/C=C\C/C=C\C/C=C\CCCCCC(=O)OCC(COC(=O)CCCCCCC/C=C\CCCC)OC(=O)CCCCCCCCCCCCCCC. The molecule has 0 aliphatic heterocycles. The quantitative estimate of drug-likeness (QED) is 0.0267. The van der Waals surface area contributed by atoms with Gasteiger partial charge in [0.15, 0.2) is 6.10 Å². The molecular formula is C49H86O6. The molecule has 55 heavy (non-hydrogen) atoms. The maximum Gasteiger partial charge on any atom is 0.306 e. The van der Waals surface area contributed by atoms with Gasteiger partial charge >= 0.3 is 17.9 Å². The molecular weight excluding hydrogens is 685 g/mol. The van der Waals surface area contributed by atoms with Crippen molar-refractivity contribution in [2.24, 2.45) is 0 Å². The number of carbonyl (C=O) groups excluding carboxylic acids is 3. The first-order valence-electron chi connectivity index (χ1n) is 23.1. The van der Waals surface area contributed by atoms with Crippen LogP contribution in [0, 0.1) is 0 Å². The molecule has 0 bridgehead atoms. The van der Waals surface area contributed by atoms with E-state index in [2.05, 4.69) is 69.4 Å². The molecule has 6 nitrogen and oxygen atoms in total. The van der Waals surface area contributed by atoms with Gasteiger partial charge in [-0.05, 0) is 70.6 Å². The number of carbonyl (C=O) groups is 3. The van der Waals surface area contributed by atoms with Crippen LogP contribution in [0.25, 0.3) is 0 Å². The number of esters is 3. The van der Waals surface area contributed by atoms with Gasteiger partial charge in [0, 0.05) is 19.3 Å². The zero-order chi connectivity index (χ0) is 40.1. The number of hydrogen-bond acceptors (Lipinski definition) is 6. The first-order chi connectivity index (χ1) is 27.0. The first-order valence-corrected chi connectivity index (χ1v) is 23.1. The zero-order valence-corrected chi connectivity index (χ0v) is 36.2. The molecule has 6 heteroatoms. The third-order valence-electron chi connectivity index (χ3n) is 9.82. The Morgan fingerprint density at radius 1 is 0.382 bits per heavy atom. The van der Waals surface area contributed by atoms with Gasteiger partial charge in [0.05, 0.1) is 0 Å². The summed E-state index contributed by atoms with van der Waals surface area (Å²) in [5.41, 5.74) is 0. The van der Waals surface area contributed by atoms with E-state index in [9.17, 15) is 14.4 Å². The van der Waals surface area contributed by atoms with Crippen LogP contribution in [0.1, 0.15) is 226 Å². The molecule has 0 aromatic heterocycles. The van der Waals surface area contributed by atoms with E-state index in [0.717, 1.165) is 89.9 Å². The van der Waals surface area contributed by atoms with Gasteiger partial charge < -0.3 is 14.2 Å². The lowest BCUT2D eigenvalue weighted by Crippen LogP contribution is -2.30. The Balaban J connectivity index is 4.42. The van der Waals surface area contributed by atoms with Crippen molar-refractivity contribution >= 4 is 17.9 Å². The minimum absolute atomic E-state index is 0.0855. The van der Waals surface area contributed by atoms with Crippen LogP contribution in [0.4, 0.5) is 0 Å². The number of unbranched alkanes of at least 4 members (excludes halogenated alkanes) is 22. The van der Waals surface area contributed by atoms with Crippen molar-refractivity contribution in [2.45, 2.75) is 232 Å². The molecule has 0 radical (unpaired) electrons. The summed E-state index contributed by atoms with van der Waals surface area (Å²) in [7, 11) is 0. The van der Waals surface area contributed by atoms with Gasteiger partial charge in [-0.1, -0.05) is 185 Å². The van der Waals surface area contributed by atoms with Crippen molar-refractivity contribution in [3.63, 3.8) is 0 Å². The fourth-order valence-corrected chi connectivity index (χ4v) is 6.32. The topological polar surface area (TPSA) is 78.9 Å². The summed E-state index contributed by atoms with van der Waals surface area (Å²) in [5, 5.41) is 0. The fourth-order valence-electron chi connectivity index (χ4n) is 6.32. The molecule has 0 fully saturated rings. The van der Waals surface area contributed by atoms with Crippen LogP contribution in [-0.2, 0) is 28.6 Å². The normalized spacial score (nSPS) is 12.4. The molecule has 0 heterocycles. The number of allylic oxidation sites excluding steroid dienone is 8. The number of ether oxygens (including phenoxy) is 3. The summed E-state index contributed by atoms with van der Waals surface area (Å²) < 4.78 is 16.7. The third-order valence-corrected chi connectivity index (χ3v) is 9.82. The predicted molar refractivity (Wildman–Crippen MR) is 233 cm³/mol. The highest BCUT2D eigenvalue weighted by molar-refractivity contribution is 5.71. The van der Waals surface area contributed by atoms with E-state index in [1.54, 1.807) is 0 Å². The molecule has 0 aliphatic rings. The predicted octanol–water partition coefficient (Wildman–Crippen LogP) is 14.8. The summed E-state index contributed by atoms with van der Waals surface area (Å²) >= 11 is 0. The van der Waals surface area contributed by atoms with Crippen molar-refractivity contribution in [2.75, 3.05) is 13.2 Å². The van der Waals surface area contributed by atoms with E-state index < -0.39 is 6.10 Å². The van der Waals surface area contributed by atoms with Gasteiger partial charge in [0.25, 0.3) is 0 Å². The summed E-state index contributed by atoms with van der Waals surface area (Å²) in [6.07, 6.45) is 50.9. The molecule has 0 aliphatic carbocycles. The van der Waals surface area contributed by atoms with Gasteiger partial charge in [-0.15, -0.1) is 0 Å². The molecule has 0 amide bonds. The third kappa shape index (κ3) is 42.4. The second-order valence-electron chi connectivity index (χ2n) is 15.3. The van der Waals surface area contributed by atoms with E-state index in [4.69, 9.17) is 14.2 Å². The first kappa shape index (κ1) is 52.4. The lowest BCUT2D eigenvalue weighted by molar-refractivity contribution is -0.167. The van der Waals surface area contributed by atoms with Crippen LogP contribution in [0.3, 0.4) is 0 Å². The molecule has 1 unspecified atom stereocenters. The molecule has 0 rings (SSSR count). The van der Waals surface area contributed by atoms with Crippen molar-refractivity contribution in [3.05, 3.63) is 48.6 Å². The molecule has 1 atom stereocenters. The smallest absolute Gasteiger partial charge is 0.306 e. The Morgan fingerprint density at radius 3 is 1.20 bits per heavy atom. The Morgan fingerprint density at radius 2 is 0.727 bits per heavy atom. The highest BCUT2D eigenvalue weighted by Gasteiger charge is 2.19. The van der Waals surface area contributed by atoms with Crippen molar-refractivity contribution < 1.29 is 28.6 Å². The van der Waals surface area contributed by atoms with Gasteiger partial charge in [-0.2, -0.15) is 0 Å². The van der Waals surface area contributed by atoms with Crippen LogP contribution in [0.2, 0.25) is 0 Å². The Labute approximate surface area is 339 Å². The largest absolute Gasteiger partial charge is 0.462 e.